The summed E-state index contributed by atoms with van der Waals surface area (Å²) < 4.78 is 0. The molecule has 0 radical (unpaired) electrons. The number of halogens is 2. The van der Waals surface area contributed by atoms with Gasteiger partial charge < -0.3 is 5.32 Å². The number of benzene rings is 2. The number of hydrogen-bond donors (Lipinski definition) is 1. The van der Waals surface area contributed by atoms with E-state index in [0.717, 1.165) is 26.2 Å². The SMILES string of the molecule is CCCC[C@@H](c1ccc(C)c2ccccc12)N1CCNCC1.Cl.Cl. The Labute approximate surface area is 158 Å². The molecule has 1 saturated heterocycles. The maximum Gasteiger partial charge on any atom is 0.0355 e. The first-order chi connectivity index (χ1) is 10.8. The fourth-order valence-electron chi connectivity index (χ4n) is 3.69. The summed E-state index contributed by atoms with van der Waals surface area (Å²) in [5, 5.41) is 6.34. The first-order valence-electron chi connectivity index (χ1n) is 8.74. The zero-order chi connectivity index (χ0) is 15.4. The van der Waals surface area contributed by atoms with Gasteiger partial charge >= 0.3 is 0 Å². The number of piperazine rings is 1. The van der Waals surface area contributed by atoms with Gasteiger partial charge in [0, 0.05) is 32.2 Å². The molecule has 0 bridgehead atoms. The smallest absolute Gasteiger partial charge is 0.0355 e. The maximum atomic E-state index is 3.48. The highest BCUT2D eigenvalue weighted by molar-refractivity contribution is 5.89. The lowest BCUT2D eigenvalue weighted by molar-refractivity contribution is 0.164. The van der Waals surface area contributed by atoms with Crippen molar-refractivity contribution < 1.29 is 0 Å². The average molecular weight is 369 g/mol. The molecular weight excluding hydrogens is 339 g/mol. The molecule has 3 rings (SSSR count). The Kier molecular flexibility index (Phi) is 9.07. The van der Waals surface area contributed by atoms with E-state index >= 15 is 0 Å². The van der Waals surface area contributed by atoms with Crippen LogP contribution in [0, 0.1) is 6.92 Å². The largest absolute Gasteiger partial charge is 0.314 e. The number of aryl methyl sites for hydroxylation is 1. The molecule has 0 unspecified atom stereocenters. The molecule has 2 aromatic carbocycles. The van der Waals surface area contributed by atoms with E-state index in [1.165, 1.54) is 41.2 Å². The van der Waals surface area contributed by atoms with Crippen molar-refractivity contribution in [3.63, 3.8) is 0 Å². The predicted molar refractivity (Wildman–Crippen MR) is 110 cm³/mol. The third-order valence-electron chi connectivity index (χ3n) is 4.96. The zero-order valence-corrected chi connectivity index (χ0v) is 16.4. The highest BCUT2D eigenvalue weighted by atomic mass is 35.5. The van der Waals surface area contributed by atoms with E-state index < -0.39 is 0 Å². The Hall–Kier alpha value is -0.800. The first-order valence-corrected chi connectivity index (χ1v) is 8.74. The van der Waals surface area contributed by atoms with Crippen LogP contribution in [0.15, 0.2) is 36.4 Å². The van der Waals surface area contributed by atoms with E-state index in [1.54, 1.807) is 0 Å². The molecule has 1 aliphatic heterocycles. The van der Waals surface area contributed by atoms with E-state index in [-0.39, 0.29) is 24.8 Å². The third kappa shape index (κ3) is 4.64. The summed E-state index contributed by atoms with van der Waals surface area (Å²) in [6, 6.07) is 14.2. The maximum absolute atomic E-state index is 3.48. The number of hydrogen-bond acceptors (Lipinski definition) is 2. The normalized spacial score (nSPS) is 16.2. The van der Waals surface area contributed by atoms with E-state index in [9.17, 15) is 0 Å². The van der Waals surface area contributed by atoms with Gasteiger partial charge in [0.05, 0.1) is 0 Å². The van der Waals surface area contributed by atoms with Crippen LogP contribution in [0.5, 0.6) is 0 Å². The lowest BCUT2D eigenvalue weighted by Gasteiger charge is -2.36. The van der Waals surface area contributed by atoms with Gasteiger partial charge in [-0.2, -0.15) is 0 Å². The minimum Gasteiger partial charge on any atom is -0.314 e. The van der Waals surface area contributed by atoms with Gasteiger partial charge in [0.2, 0.25) is 0 Å². The van der Waals surface area contributed by atoms with Crippen LogP contribution in [0.25, 0.3) is 10.8 Å². The second-order valence-electron chi connectivity index (χ2n) is 6.46. The molecule has 1 aliphatic rings. The monoisotopic (exact) mass is 368 g/mol. The fraction of sp³-hybridized carbons (Fsp3) is 0.500. The number of nitrogens with zero attached hydrogens (tertiary/aromatic N) is 1. The molecule has 0 aromatic heterocycles. The lowest BCUT2D eigenvalue weighted by atomic mass is 9.92. The van der Waals surface area contributed by atoms with Crippen LogP contribution in [-0.2, 0) is 0 Å². The summed E-state index contributed by atoms with van der Waals surface area (Å²) in [7, 11) is 0. The van der Waals surface area contributed by atoms with Crippen LogP contribution in [0.3, 0.4) is 0 Å². The van der Waals surface area contributed by atoms with Gasteiger partial charge in [-0.1, -0.05) is 56.2 Å². The molecule has 24 heavy (non-hydrogen) atoms. The van der Waals surface area contributed by atoms with E-state index in [4.69, 9.17) is 0 Å². The fourth-order valence-corrected chi connectivity index (χ4v) is 3.69. The second kappa shape index (κ2) is 10.2. The molecule has 1 heterocycles. The van der Waals surface area contributed by atoms with Gasteiger partial charge in [-0.15, -0.1) is 24.8 Å². The average Bonchev–Trinajstić information content (AvgIpc) is 2.58. The van der Waals surface area contributed by atoms with Gasteiger partial charge in [0.25, 0.3) is 0 Å². The van der Waals surface area contributed by atoms with Gasteiger partial charge in [0.15, 0.2) is 0 Å². The second-order valence-corrected chi connectivity index (χ2v) is 6.46. The molecule has 0 amide bonds. The molecule has 4 heteroatoms. The molecule has 2 nitrogen and oxygen atoms in total. The van der Waals surface area contributed by atoms with Crippen molar-refractivity contribution in [2.45, 2.75) is 39.2 Å². The number of fused-ring (bicyclic) bond motifs is 1. The first kappa shape index (κ1) is 21.2. The van der Waals surface area contributed by atoms with Crippen molar-refractivity contribution in [2.75, 3.05) is 26.2 Å². The van der Waals surface area contributed by atoms with Gasteiger partial charge in [-0.3, -0.25) is 4.90 Å². The Bertz CT molecular complexity index is 624. The molecule has 0 aliphatic carbocycles. The van der Waals surface area contributed by atoms with Crippen molar-refractivity contribution in [3.8, 4) is 0 Å². The van der Waals surface area contributed by atoms with E-state index in [2.05, 4.69) is 60.5 Å². The number of rotatable bonds is 5. The Morgan fingerprint density at radius 1 is 1.00 bits per heavy atom. The molecule has 0 saturated carbocycles. The molecule has 1 fully saturated rings. The molecule has 0 spiro atoms. The van der Waals surface area contributed by atoms with Gasteiger partial charge in [0.1, 0.15) is 0 Å². The molecule has 1 N–H and O–H groups in total. The van der Waals surface area contributed by atoms with E-state index in [0.29, 0.717) is 6.04 Å². The summed E-state index contributed by atoms with van der Waals surface area (Å²) in [5.41, 5.74) is 2.91. The summed E-state index contributed by atoms with van der Waals surface area (Å²) >= 11 is 0. The topological polar surface area (TPSA) is 15.3 Å². The van der Waals surface area contributed by atoms with Crippen LogP contribution in [-0.4, -0.2) is 31.1 Å². The Morgan fingerprint density at radius 3 is 2.33 bits per heavy atom. The van der Waals surface area contributed by atoms with Crippen molar-refractivity contribution >= 4 is 35.6 Å². The van der Waals surface area contributed by atoms with E-state index in [1.807, 2.05) is 0 Å². The number of unbranched alkanes of at least 4 members (excludes halogenated alkanes) is 1. The molecular formula is C20H30Cl2N2. The summed E-state index contributed by atoms with van der Waals surface area (Å²) in [6.07, 6.45) is 3.84. The summed E-state index contributed by atoms with van der Waals surface area (Å²) in [6.45, 7) is 9.08. The van der Waals surface area contributed by atoms with Crippen LogP contribution < -0.4 is 5.32 Å². The van der Waals surface area contributed by atoms with Crippen LogP contribution in [0.2, 0.25) is 0 Å². The highest BCUT2D eigenvalue weighted by Gasteiger charge is 2.23. The van der Waals surface area contributed by atoms with Gasteiger partial charge in [-0.05, 0) is 35.2 Å². The Morgan fingerprint density at radius 2 is 1.67 bits per heavy atom. The molecule has 2 aromatic rings. The van der Waals surface area contributed by atoms with Crippen LogP contribution in [0.4, 0.5) is 0 Å². The van der Waals surface area contributed by atoms with Gasteiger partial charge in [-0.25, -0.2) is 0 Å². The summed E-state index contributed by atoms with van der Waals surface area (Å²) in [4.78, 5) is 2.68. The standard InChI is InChI=1S/C20H28N2.2ClH/c1-3-4-9-20(22-14-12-21-13-15-22)19-11-10-16(2)17-7-5-6-8-18(17)19;;/h5-8,10-11,20-21H,3-4,9,12-15H2,1-2H3;2*1H/t20-;;/m0../s1. The summed E-state index contributed by atoms with van der Waals surface area (Å²) in [5.74, 6) is 0. The Balaban J connectivity index is 0.00000144. The quantitative estimate of drug-likeness (QED) is 0.786. The zero-order valence-electron chi connectivity index (χ0n) is 14.8. The molecule has 1 atom stereocenters. The predicted octanol–water partition coefficient (Wildman–Crippen LogP) is 5.13. The van der Waals surface area contributed by atoms with Crippen molar-refractivity contribution in [2.24, 2.45) is 0 Å². The van der Waals surface area contributed by atoms with Crippen LogP contribution in [0.1, 0.15) is 43.4 Å². The minimum absolute atomic E-state index is 0. The number of nitrogens with one attached hydrogen (secondary N) is 1. The van der Waals surface area contributed by atoms with Crippen molar-refractivity contribution in [3.05, 3.63) is 47.5 Å². The molecule has 134 valence electrons. The minimum atomic E-state index is 0. The van der Waals surface area contributed by atoms with Crippen LogP contribution >= 0.6 is 24.8 Å². The van der Waals surface area contributed by atoms with Crippen molar-refractivity contribution in [1.29, 1.82) is 0 Å². The van der Waals surface area contributed by atoms with Crippen molar-refractivity contribution in [1.82, 2.24) is 10.2 Å². The highest BCUT2D eigenvalue weighted by Crippen LogP contribution is 2.33. The lowest BCUT2D eigenvalue weighted by Crippen LogP contribution is -2.45. The third-order valence-corrected chi connectivity index (χ3v) is 4.96.